The molecule has 1 heterocycles. The third-order valence-corrected chi connectivity index (χ3v) is 2.49. The lowest BCUT2D eigenvalue weighted by molar-refractivity contribution is 0.423. The average molecular weight is 250 g/mol. The van der Waals surface area contributed by atoms with Crippen LogP contribution in [0.15, 0.2) is 22.7 Å². The van der Waals surface area contributed by atoms with Crippen molar-refractivity contribution in [3.05, 3.63) is 40.1 Å². The molecule has 0 fully saturated rings. The van der Waals surface area contributed by atoms with E-state index >= 15 is 0 Å². The molecule has 2 aromatic rings. The van der Waals surface area contributed by atoms with E-state index in [0.717, 1.165) is 18.2 Å². The highest BCUT2D eigenvalue weighted by Crippen LogP contribution is 2.34. The van der Waals surface area contributed by atoms with Crippen molar-refractivity contribution in [3.8, 4) is 11.3 Å². The van der Waals surface area contributed by atoms with E-state index in [4.69, 9.17) is 23.2 Å². The van der Waals surface area contributed by atoms with Crippen LogP contribution in [0.2, 0.25) is 10.2 Å². The zero-order chi connectivity index (χ0) is 11.0. The van der Waals surface area contributed by atoms with Crippen LogP contribution in [0.5, 0.6) is 0 Å². The molecule has 6 heteroatoms. The summed E-state index contributed by atoms with van der Waals surface area (Å²) in [6.07, 6.45) is 0. The predicted octanol–water partition coefficient (Wildman–Crippen LogP) is 3.93. The lowest BCUT2D eigenvalue weighted by Gasteiger charge is -1.98. The van der Waals surface area contributed by atoms with Gasteiger partial charge in [0.15, 0.2) is 0 Å². The van der Waals surface area contributed by atoms with E-state index < -0.39 is 11.6 Å². The fourth-order valence-corrected chi connectivity index (χ4v) is 1.40. The molecule has 78 valence electrons. The summed E-state index contributed by atoms with van der Waals surface area (Å²) in [5.41, 5.74) is -0.102. The Morgan fingerprint density at radius 3 is 2.53 bits per heavy atom. The van der Waals surface area contributed by atoms with Crippen LogP contribution in [0.4, 0.5) is 8.78 Å². The Morgan fingerprint density at radius 1 is 1.20 bits per heavy atom. The fraction of sp³-hybridized carbons (Fsp3) is 0. The second-order valence-corrected chi connectivity index (χ2v) is 3.46. The minimum absolute atomic E-state index is 0.0151. The van der Waals surface area contributed by atoms with E-state index in [1.165, 1.54) is 0 Å². The molecule has 1 aromatic heterocycles. The molecule has 0 aliphatic heterocycles. The Labute approximate surface area is 93.4 Å². The van der Waals surface area contributed by atoms with Crippen molar-refractivity contribution in [3.63, 3.8) is 0 Å². The first-order chi connectivity index (χ1) is 7.09. The van der Waals surface area contributed by atoms with E-state index in [0.29, 0.717) is 0 Å². The number of nitrogens with zero attached hydrogens (tertiary/aromatic N) is 1. The number of benzene rings is 1. The maximum absolute atomic E-state index is 13.3. The Morgan fingerprint density at radius 2 is 1.93 bits per heavy atom. The highest BCUT2D eigenvalue weighted by atomic mass is 35.5. The minimum Gasteiger partial charge on any atom is -0.342 e. The summed E-state index contributed by atoms with van der Waals surface area (Å²) in [4.78, 5) is 0. The van der Waals surface area contributed by atoms with Gasteiger partial charge in [0.25, 0.3) is 0 Å². The molecule has 0 unspecified atom stereocenters. The van der Waals surface area contributed by atoms with Crippen LogP contribution in [-0.4, -0.2) is 5.16 Å². The van der Waals surface area contributed by atoms with E-state index in [2.05, 4.69) is 9.68 Å². The number of aromatic nitrogens is 1. The van der Waals surface area contributed by atoms with Crippen molar-refractivity contribution in [2.75, 3.05) is 0 Å². The second kappa shape index (κ2) is 3.79. The number of hydrogen-bond donors (Lipinski definition) is 0. The van der Waals surface area contributed by atoms with Gasteiger partial charge in [0.2, 0.25) is 5.22 Å². The van der Waals surface area contributed by atoms with Crippen LogP contribution >= 0.6 is 23.2 Å². The molecule has 15 heavy (non-hydrogen) atoms. The number of halogens is 4. The van der Waals surface area contributed by atoms with Gasteiger partial charge in [-0.2, -0.15) is 0 Å². The first-order valence-corrected chi connectivity index (χ1v) is 4.61. The van der Waals surface area contributed by atoms with Crippen LogP contribution in [0, 0.1) is 11.6 Å². The van der Waals surface area contributed by atoms with Gasteiger partial charge in [0.05, 0.1) is 0 Å². The summed E-state index contributed by atoms with van der Waals surface area (Å²) in [5.74, 6) is -1.25. The van der Waals surface area contributed by atoms with Crippen molar-refractivity contribution in [2.24, 2.45) is 0 Å². The lowest BCUT2D eigenvalue weighted by atomic mass is 10.1. The summed E-state index contributed by atoms with van der Waals surface area (Å²) in [6, 6.07) is 2.94. The largest absolute Gasteiger partial charge is 0.342 e. The van der Waals surface area contributed by atoms with Crippen molar-refractivity contribution >= 4 is 23.2 Å². The molecule has 0 spiro atoms. The average Bonchev–Trinajstić information content (AvgIpc) is 2.52. The van der Waals surface area contributed by atoms with Gasteiger partial charge in [-0.1, -0.05) is 16.8 Å². The van der Waals surface area contributed by atoms with Gasteiger partial charge in [0, 0.05) is 5.56 Å². The van der Waals surface area contributed by atoms with Gasteiger partial charge < -0.3 is 4.52 Å². The third kappa shape index (κ3) is 1.82. The molecule has 0 atom stereocenters. The minimum atomic E-state index is -0.650. The van der Waals surface area contributed by atoms with Gasteiger partial charge in [-0.15, -0.1) is 0 Å². The molecular weight excluding hydrogens is 247 g/mol. The van der Waals surface area contributed by atoms with Gasteiger partial charge in [-0.25, -0.2) is 8.78 Å². The summed E-state index contributed by atoms with van der Waals surface area (Å²) < 4.78 is 30.7. The van der Waals surface area contributed by atoms with Crippen molar-refractivity contribution in [2.45, 2.75) is 0 Å². The van der Waals surface area contributed by atoms with E-state index in [-0.39, 0.29) is 21.5 Å². The van der Waals surface area contributed by atoms with E-state index in [1.807, 2.05) is 0 Å². The maximum Gasteiger partial charge on any atom is 0.245 e. The molecule has 0 amide bonds. The number of rotatable bonds is 1. The summed E-state index contributed by atoms with van der Waals surface area (Å²) in [5, 5.41) is 3.24. The quantitative estimate of drug-likeness (QED) is 0.766. The molecule has 0 aliphatic carbocycles. The molecule has 1 aromatic carbocycles. The van der Waals surface area contributed by atoms with Crippen molar-refractivity contribution < 1.29 is 13.3 Å². The van der Waals surface area contributed by atoms with Crippen LogP contribution in [0.3, 0.4) is 0 Å². The molecule has 0 saturated carbocycles. The molecule has 0 aliphatic rings. The number of hydrogen-bond acceptors (Lipinski definition) is 2. The molecule has 0 bridgehead atoms. The molecule has 0 N–H and O–H groups in total. The molecule has 0 radical (unpaired) electrons. The second-order valence-electron chi connectivity index (χ2n) is 2.74. The normalized spacial score (nSPS) is 10.7. The molecule has 2 rings (SSSR count). The molecule has 2 nitrogen and oxygen atoms in total. The van der Waals surface area contributed by atoms with Crippen LogP contribution in [0.1, 0.15) is 0 Å². The summed E-state index contributed by atoms with van der Waals surface area (Å²) in [7, 11) is 0. The monoisotopic (exact) mass is 249 g/mol. The smallest absolute Gasteiger partial charge is 0.245 e. The maximum atomic E-state index is 13.3. The highest BCUT2D eigenvalue weighted by molar-refractivity contribution is 6.42. The first-order valence-electron chi connectivity index (χ1n) is 3.85. The lowest BCUT2D eigenvalue weighted by Crippen LogP contribution is -1.86. The standard InChI is InChI=1S/C9H3Cl2F2NO/c10-7-8(14-15-9(7)11)5-3-4(12)1-2-6(5)13/h1-3H. The van der Waals surface area contributed by atoms with Crippen LogP contribution < -0.4 is 0 Å². The zero-order valence-corrected chi connectivity index (χ0v) is 8.61. The Bertz CT molecular complexity index is 513. The van der Waals surface area contributed by atoms with Crippen LogP contribution in [-0.2, 0) is 0 Å². The van der Waals surface area contributed by atoms with Gasteiger partial charge >= 0.3 is 0 Å². The Balaban J connectivity index is 2.63. The summed E-state index contributed by atoms with van der Waals surface area (Å²) in [6.45, 7) is 0. The molecular formula is C9H3Cl2F2NO. The first kappa shape index (κ1) is 10.4. The third-order valence-electron chi connectivity index (χ3n) is 1.78. The van der Waals surface area contributed by atoms with Gasteiger partial charge in [-0.05, 0) is 29.8 Å². The molecule has 0 saturated heterocycles. The topological polar surface area (TPSA) is 26.0 Å². The van der Waals surface area contributed by atoms with E-state index in [9.17, 15) is 8.78 Å². The van der Waals surface area contributed by atoms with Crippen molar-refractivity contribution in [1.29, 1.82) is 0 Å². The summed E-state index contributed by atoms with van der Waals surface area (Å²) >= 11 is 11.2. The fourth-order valence-electron chi connectivity index (χ4n) is 1.11. The highest BCUT2D eigenvalue weighted by Gasteiger charge is 2.17. The van der Waals surface area contributed by atoms with Gasteiger partial charge in [-0.3, -0.25) is 0 Å². The SMILES string of the molecule is Fc1ccc(F)c(-c2noc(Cl)c2Cl)c1. The van der Waals surface area contributed by atoms with Gasteiger partial charge in [0.1, 0.15) is 22.4 Å². The Kier molecular flexibility index (Phi) is 2.63. The zero-order valence-electron chi connectivity index (χ0n) is 7.10. The Hall–Kier alpha value is -1.13. The van der Waals surface area contributed by atoms with Crippen LogP contribution in [0.25, 0.3) is 11.3 Å². The van der Waals surface area contributed by atoms with Crippen molar-refractivity contribution in [1.82, 2.24) is 5.16 Å². The predicted molar refractivity (Wildman–Crippen MR) is 51.9 cm³/mol. The van der Waals surface area contributed by atoms with E-state index in [1.54, 1.807) is 0 Å².